The van der Waals surface area contributed by atoms with Gasteiger partial charge in [0.15, 0.2) is 0 Å². The number of likely N-dealkylation sites (tertiary alicyclic amines) is 1. The van der Waals surface area contributed by atoms with E-state index in [-0.39, 0.29) is 17.7 Å². The summed E-state index contributed by atoms with van der Waals surface area (Å²) in [7, 11) is 1.76. The molecular formula is C14H22N4O2. The SMILES string of the molecule is CN1C(=O)C[C@H](C(=O)NCCCc2ncc[nH]2)C1(C)C. The molecule has 110 valence electrons. The van der Waals surface area contributed by atoms with E-state index in [9.17, 15) is 9.59 Å². The molecule has 0 bridgehead atoms. The summed E-state index contributed by atoms with van der Waals surface area (Å²) in [6, 6.07) is 0. The summed E-state index contributed by atoms with van der Waals surface area (Å²) < 4.78 is 0. The van der Waals surface area contributed by atoms with Crippen molar-refractivity contribution in [1.82, 2.24) is 20.2 Å². The van der Waals surface area contributed by atoms with Gasteiger partial charge >= 0.3 is 0 Å². The van der Waals surface area contributed by atoms with Crippen LogP contribution in [0.2, 0.25) is 0 Å². The molecule has 1 saturated heterocycles. The first kappa shape index (κ1) is 14.6. The van der Waals surface area contributed by atoms with E-state index in [1.54, 1.807) is 24.3 Å². The second-order valence-electron chi connectivity index (χ2n) is 5.79. The van der Waals surface area contributed by atoms with Gasteiger partial charge in [0, 0.05) is 44.4 Å². The number of amides is 2. The van der Waals surface area contributed by atoms with Gasteiger partial charge in [0.05, 0.1) is 5.92 Å². The minimum atomic E-state index is -0.415. The van der Waals surface area contributed by atoms with Crippen LogP contribution in [0.3, 0.4) is 0 Å². The lowest BCUT2D eigenvalue weighted by Gasteiger charge is -2.32. The molecule has 20 heavy (non-hydrogen) atoms. The van der Waals surface area contributed by atoms with Crippen molar-refractivity contribution in [2.75, 3.05) is 13.6 Å². The highest BCUT2D eigenvalue weighted by atomic mass is 16.2. The van der Waals surface area contributed by atoms with Crippen molar-refractivity contribution in [1.29, 1.82) is 0 Å². The first-order chi connectivity index (χ1) is 9.43. The van der Waals surface area contributed by atoms with Crippen LogP contribution in [0.15, 0.2) is 12.4 Å². The van der Waals surface area contributed by atoms with Crippen LogP contribution in [0.1, 0.15) is 32.5 Å². The predicted octanol–water partition coefficient (Wildman–Crippen LogP) is 0.715. The Balaban J connectivity index is 1.79. The Morgan fingerprint density at radius 3 is 2.90 bits per heavy atom. The molecule has 0 radical (unpaired) electrons. The second-order valence-corrected chi connectivity index (χ2v) is 5.79. The third kappa shape index (κ3) is 2.84. The van der Waals surface area contributed by atoms with E-state index in [1.165, 1.54) is 0 Å². The maximum absolute atomic E-state index is 12.2. The van der Waals surface area contributed by atoms with Gasteiger partial charge in [-0.15, -0.1) is 0 Å². The van der Waals surface area contributed by atoms with Gasteiger partial charge in [-0.25, -0.2) is 4.98 Å². The second kappa shape index (κ2) is 5.64. The molecule has 1 fully saturated rings. The van der Waals surface area contributed by atoms with Crippen molar-refractivity contribution in [3.63, 3.8) is 0 Å². The lowest BCUT2D eigenvalue weighted by molar-refractivity contribution is -0.128. The molecular weight excluding hydrogens is 256 g/mol. The summed E-state index contributed by atoms with van der Waals surface area (Å²) >= 11 is 0. The molecule has 6 heteroatoms. The third-order valence-corrected chi connectivity index (χ3v) is 4.23. The zero-order valence-corrected chi connectivity index (χ0v) is 12.3. The molecule has 1 atom stereocenters. The maximum atomic E-state index is 12.2. The monoisotopic (exact) mass is 278 g/mol. The van der Waals surface area contributed by atoms with Gasteiger partial charge in [-0.1, -0.05) is 0 Å². The Morgan fingerprint density at radius 2 is 2.35 bits per heavy atom. The van der Waals surface area contributed by atoms with Crippen LogP contribution < -0.4 is 5.32 Å². The van der Waals surface area contributed by atoms with Gasteiger partial charge in [0.1, 0.15) is 5.82 Å². The van der Waals surface area contributed by atoms with Crippen LogP contribution in [0.5, 0.6) is 0 Å². The number of H-pyrrole nitrogens is 1. The normalized spacial score (nSPS) is 21.2. The summed E-state index contributed by atoms with van der Waals surface area (Å²) in [6.45, 7) is 4.47. The summed E-state index contributed by atoms with van der Waals surface area (Å²) in [4.78, 5) is 32.8. The number of nitrogens with one attached hydrogen (secondary N) is 2. The van der Waals surface area contributed by atoms with E-state index in [0.717, 1.165) is 18.7 Å². The lowest BCUT2D eigenvalue weighted by Crippen LogP contribution is -2.47. The number of rotatable bonds is 5. The zero-order valence-electron chi connectivity index (χ0n) is 12.3. The van der Waals surface area contributed by atoms with E-state index in [2.05, 4.69) is 15.3 Å². The van der Waals surface area contributed by atoms with E-state index in [1.807, 2.05) is 13.8 Å². The largest absolute Gasteiger partial charge is 0.356 e. The van der Waals surface area contributed by atoms with Gasteiger partial charge in [0.25, 0.3) is 0 Å². The fourth-order valence-corrected chi connectivity index (χ4v) is 2.56. The van der Waals surface area contributed by atoms with E-state index in [0.29, 0.717) is 13.0 Å². The van der Waals surface area contributed by atoms with Crippen LogP contribution in [0.25, 0.3) is 0 Å². The first-order valence-electron chi connectivity index (χ1n) is 6.95. The van der Waals surface area contributed by atoms with Gasteiger partial charge in [-0.3, -0.25) is 9.59 Å². The molecule has 2 heterocycles. The third-order valence-electron chi connectivity index (χ3n) is 4.23. The highest BCUT2D eigenvalue weighted by molar-refractivity contribution is 5.90. The number of hydrogen-bond donors (Lipinski definition) is 2. The molecule has 1 aliphatic heterocycles. The van der Waals surface area contributed by atoms with Crippen molar-refractivity contribution in [3.8, 4) is 0 Å². The molecule has 0 spiro atoms. The molecule has 1 aliphatic rings. The Labute approximate surface area is 119 Å². The first-order valence-corrected chi connectivity index (χ1v) is 6.95. The predicted molar refractivity (Wildman–Crippen MR) is 74.9 cm³/mol. The molecule has 0 aliphatic carbocycles. The molecule has 0 aromatic carbocycles. The molecule has 6 nitrogen and oxygen atoms in total. The van der Waals surface area contributed by atoms with Gasteiger partial charge in [0.2, 0.25) is 11.8 Å². The molecule has 2 rings (SSSR count). The summed E-state index contributed by atoms with van der Waals surface area (Å²) in [5.74, 6) is 0.650. The van der Waals surface area contributed by atoms with E-state index < -0.39 is 5.54 Å². The number of aromatic amines is 1. The van der Waals surface area contributed by atoms with Crippen LogP contribution in [-0.2, 0) is 16.0 Å². The molecule has 2 amide bonds. The molecule has 0 unspecified atom stereocenters. The Kier molecular flexibility index (Phi) is 4.11. The lowest BCUT2D eigenvalue weighted by atomic mass is 9.88. The minimum Gasteiger partial charge on any atom is -0.356 e. The van der Waals surface area contributed by atoms with Crippen LogP contribution in [0, 0.1) is 5.92 Å². The zero-order chi connectivity index (χ0) is 14.8. The number of hydrogen-bond acceptors (Lipinski definition) is 3. The van der Waals surface area contributed by atoms with Gasteiger partial charge < -0.3 is 15.2 Å². The van der Waals surface area contributed by atoms with Crippen molar-refractivity contribution >= 4 is 11.8 Å². The maximum Gasteiger partial charge on any atom is 0.225 e. The number of nitrogens with zero attached hydrogens (tertiary/aromatic N) is 2. The number of carbonyl (C=O) groups excluding carboxylic acids is 2. The molecule has 2 N–H and O–H groups in total. The number of aryl methyl sites for hydroxylation is 1. The van der Waals surface area contributed by atoms with Crippen LogP contribution in [-0.4, -0.2) is 45.8 Å². The van der Waals surface area contributed by atoms with Crippen LogP contribution in [0.4, 0.5) is 0 Å². The fraction of sp³-hybridized carbons (Fsp3) is 0.643. The van der Waals surface area contributed by atoms with E-state index >= 15 is 0 Å². The quantitative estimate of drug-likeness (QED) is 0.779. The average molecular weight is 278 g/mol. The molecule has 0 saturated carbocycles. The number of imidazole rings is 1. The fourth-order valence-electron chi connectivity index (χ4n) is 2.56. The summed E-state index contributed by atoms with van der Waals surface area (Å²) in [6.07, 6.45) is 5.44. The highest BCUT2D eigenvalue weighted by Gasteiger charge is 2.47. The van der Waals surface area contributed by atoms with Gasteiger partial charge in [-0.05, 0) is 20.3 Å². The summed E-state index contributed by atoms with van der Waals surface area (Å²) in [5.41, 5.74) is -0.415. The topological polar surface area (TPSA) is 78.1 Å². The van der Waals surface area contributed by atoms with E-state index in [4.69, 9.17) is 0 Å². The van der Waals surface area contributed by atoms with Crippen LogP contribution >= 0.6 is 0 Å². The average Bonchev–Trinajstić information content (AvgIpc) is 2.98. The van der Waals surface area contributed by atoms with Crippen molar-refractivity contribution in [3.05, 3.63) is 18.2 Å². The summed E-state index contributed by atoms with van der Waals surface area (Å²) in [5, 5.41) is 2.92. The van der Waals surface area contributed by atoms with Gasteiger partial charge in [-0.2, -0.15) is 0 Å². The molecule has 1 aromatic heterocycles. The Hall–Kier alpha value is -1.85. The van der Waals surface area contributed by atoms with Crippen molar-refractivity contribution in [2.24, 2.45) is 5.92 Å². The number of aromatic nitrogens is 2. The smallest absolute Gasteiger partial charge is 0.225 e. The number of carbonyl (C=O) groups is 2. The highest BCUT2D eigenvalue weighted by Crippen LogP contribution is 2.34. The minimum absolute atomic E-state index is 0.0331. The van der Waals surface area contributed by atoms with Crippen molar-refractivity contribution in [2.45, 2.75) is 38.6 Å². The van der Waals surface area contributed by atoms with Crippen molar-refractivity contribution < 1.29 is 9.59 Å². The standard InChI is InChI=1S/C14H22N4O2/c1-14(2)10(9-12(19)18(14)3)13(20)17-6-4-5-11-15-7-8-16-11/h7-8,10H,4-6,9H2,1-3H3,(H,15,16)(H,17,20)/t10-/m1/s1. The Morgan fingerprint density at radius 1 is 1.60 bits per heavy atom. The Bertz CT molecular complexity index is 481. The molecule has 1 aromatic rings.